The molecule has 0 amide bonds. The number of nitriles is 1. The highest BCUT2D eigenvalue weighted by Gasteiger charge is 1.99. The van der Waals surface area contributed by atoms with Crippen LogP contribution >= 0.6 is 0 Å². The lowest BCUT2D eigenvalue weighted by atomic mass is 10.2. The minimum atomic E-state index is 0.528. The molecule has 0 fully saturated rings. The molecule has 4 heteroatoms. The number of hydrazone groups is 1. The van der Waals surface area contributed by atoms with E-state index in [1.165, 1.54) is 0 Å². The van der Waals surface area contributed by atoms with Gasteiger partial charge in [0.15, 0.2) is 0 Å². The Hall–Kier alpha value is -2.80. The molecular formula is C17H18N4. The van der Waals surface area contributed by atoms with Crippen LogP contribution in [0.3, 0.4) is 0 Å². The van der Waals surface area contributed by atoms with E-state index in [9.17, 15) is 0 Å². The summed E-state index contributed by atoms with van der Waals surface area (Å²) in [5.41, 5.74) is 6.06. The Morgan fingerprint density at radius 3 is 2.52 bits per heavy atom. The second kappa shape index (κ2) is 7.71. The fourth-order valence-corrected chi connectivity index (χ4v) is 1.86. The fraction of sp³-hybridized carbons (Fsp3) is 0.176. The summed E-state index contributed by atoms with van der Waals surface area (Å²) >= 11 is 0. The van der Waals surface area contributed by atoms with E-state index in [4.69, 9.17) is 5.26 Å². The van der Waals surface area contributed by atoms with Crippen molar-refractivity contribution in [2.75, 3.05) is 23.9 Å². The van der Waals surface area contributed by atoms with Gasteiger partial charge >= 0.3 is 0 Å². The van der Waals surface area contributed by atoms with Gasteiger partial charge in [-0.2, -0.15) is 10.4 Å². The van der Waals surface area contributed by atoms with Gasteiger partial charge in [-0.1, -0.05) is 30.3 Å². The van der Waals surface area contributed by atoms with Gasteiger partial charge in [0, 0.05) is 19.3 Å². The monoisotopic (exact) mass is 278 g/mol. The molecule has 0 atom stereocenters. The highest BCUT2D eigenvalue weighted by atomic mass is 15.3. The van der Waals surface area contributed by atoms with Gasteiger partial charge < -0.3 is 4.90 Å². The Morgan fingerprint density at radius 1 is 1.14 bits per heavy atom. The number of nitrogens with zero attached hydrogens (tertiary/aromatic N) is 3. The molecule has 0 unspecified atom stereocenters. The van der Waals surface area contributed by atoms with Gasteiger partial charge in [0.2, 0.25) is 0 Å². The number of para-hydroxylation sites is 1. The van der Waals surface area contributed by atoms with Gasteiger partial charge in [0.05, 0.1) is 24.4 Å². The van der Waals surface area contributed by atoms with E-state index >= 15 is 0 Å². The molecule has 0 heterocycles. The lowest BCUT2D eigenvalue weighted by Gasteiger charge is -2.17. The summed E-state index contributed by atoms with van der Waals surface area (Å²) < 4.78 is 0. The van der Waals surface area contributed by atoms with Crippen molar-refractivity contribution >= 4 is 17.6 Å². The van der Waals surface area contributed by atoms with Gasteiger partial charge in [-0.15, -0.1) is 0 Å². The van der Waals surface area contributed by atoms with Crippen LogP contribution in [0.5, 0.6) is 0 Å². The van der Waals surface area contributed by atoms with Crippen molar-refractivity contribution in [1.82, 2.24) is 0 Å². The summed E-state index contributed by atoms with van der Waals surface area (Å²) in [5, 5.41) is 12.8. The number of benzene rings is 2. The van der Waals surface area contributed by atoms with Gasteiger partial charge in [0.25, 0.3) is 0 Å². The highest BCUT2D eigenvalue weighted by molar-refractivity contribution is 5.80. The van der Waals surface area contributed by atoms with Crippen molar-refractivity contribution in [3.8, 4) is 6.07 Å². The standard InChI is InChI=1S/C17H18N4/c1-21(13-5-12-18)17-10-8-15(9-11-17)14-19-20-16-6-3-2-4-7-16/h2-4,6-11,14,20H,5,13H2,1H3. The van der Waals surface area contributed by atoms with Crippen LogP contribution in [0.4, 0.5) is 11.4 Å². The number of nitrogens with one attached hydrogen (secondary N) is 1. The molecule has 0 saturated heterocycles. The third-order valence-corrected chi connectivity index (χ3v) is 3.07. The van der Waals surface area contributed by atoms with E-state index in [1.54, 1.807) is 6.21 Å². The third-order valence-electron chi connectivity index (χ3n) is 3.07. The Bertz CT molecular complexity index is 611. The van der Waals surface area contributed by atoms with Gasteiger partial charge in [-0.05, 0) is 29.8 Å². The van der Waals surface area contributed by atoms with Crippen molar-refractivity contribution in [2.24, 2.45) is 5.10 Å². The summed E-state index contributed by atoms with van der Waals surface area (Å²) in [6, 6.07) is 20.0. The Balaban J connectivity index is 1.92. The first-order valence-electron chi connectivity index (χ1n) is 6.82. The Kier molecular flexibility index (Phi) is 5.36. The zero-order chi connectivity index (χ0) is 14.9. The van der Waals surface area contributed by atoms with Crippen LogP contribution in [0.2, 0.25) is 0 Å². The fourth-order valence-electron chi connectivity index (χ4n) is 1.86. The molecule has 0 aliphatic carbocycles. The molecule has 2 rings (SSSR count). The lowest BCUT2D eigenvalue weighted by molar-refractivity contribution is 0.905. The quantitative estimate of drug-likeness (QED) is 0.650. The molecule has 0 aliphatic heterocycles. The SMILES string of the molecule is CN(CCC#N)c1ccc(C=NNc2ccccc2)cc1. The molecule has 106 valence electrons. The molecule has 0 bridgehead atoms. The normalized spacial score (nSPS) is 10.3. The topological polar surface area (TPSA) is 51.4 Å². The molecule has 0 radical (unpaired) electrons. The minimum Gasteiger partial charge on any atom is -0.374 e. The predicted octanol–water partition coefficient (Wildman–Crippen LogP) is 3.48. The molecular weight excluding hydrogens is 260 g/mol. The highest BCUT2D eigenvalue weighted by Crippen LogP contribution is 2.13. The molecule has 2 aromatic carbocycles. The lowest BCUT2D eigenvalue weighted by Crippen LogP contribution is -2.17. The first-order valence-corrected chi connectivity index (χ1v) is 6.82. The maximum Gasteiger partial charge on any atom is 0.0640 e. The second-order valence-electron chi connectivity index (χ2n) is 4.66. The summed E-state index contributed by atoms with van der Waals surface area (Å²) in [6.07, 6.45) is 2.31. The molecule has 0 aliphatic rings. The minimum absolute atomic E-state index is 0.528. The molecule has 0 saturated carbocycles. The summed E-state index contributed by atoms with van der Waals surface area (Å²) in [7, 11) is 1.98. The van der Waals surface area contributed by atoms with Crippen molar-refractivity contribution in [3.63, 3.8) is 0 Å². The average molecular weight is 278 g/mol. The van der Waals surface area contributed by atoms with Crippen LogP contribution < -0.4 is 10.3 Å². The van der Waals surface area contributed by atoms with Crippen LogP contribution in [0.25, 0.3) is 0 Å². The number of hydrogen-bond donors (Lipinski definition) is 1. The largest absolute Gasteiger partial charge is 0.374 e. The van der Waals surface area contributed by atoms with Gasteiger partial charge in [-0.25, -0.2) is 0 Å². The maximum atomic E-state index is 8.60. The first-order chi connectivity index (χ1) is 10.3. The van der Waals surface area contributed by atoms with Crippen LogP contribution in [0, 0.1) is 11.3 Å². The smallest absolute Gasteiger partial charge is 0.0640 e. The maximum absolute atomic E-state index is 8.60. The zero-order valence-electron chi connectivity index (χ0n) is 12.0. The molecule has 2 aromatic rings. The number of anilines is 2. The van der Waals surface area contributed by atoms with E-state index < -0.39 is 0 Å². The van der Waals surface area contributed by atoms with Gasteiger partial charge in [-0.3, -0.25) is 5.43 Å². The average Bonchev–Trinajstić information content (AvgIpc) is 2.54. The van der Waals surface area contributed by atoms with Crippen LogP contribution in [0.15, 0.2) is 59.7 Å². The zero-order valence-corrected chi connectivity index (χ0v) is 12.0. The van der Waals surface area contributed by atoms with E-state index in [0.29, 0.717) is 6.42 Å². The molecule has 1 N–H and O–H groups in total. The van der Waals surface area contributed by atoms with Crippen LogP contribution in [-0.2, 0) is 0 Å². The van der Waals surface area contributed by atoms with Crippen LogP contribution in [-0.4, -0.2) is 19.8 Å². The molecule has 0 spiro atoms. The molecule has 0 aromatic heterocycles. The number of rotatable bonds is 6. The molecule has 4 nitrogen and oxygen atoms in total. The third kappa shape index (κ3) is 4.66. The van der Waals surface area contributed by atoms with E-state index in [-0.39, 0.29) is 0 Å². The van der Waals surface area contributed by atoms with Crippen molar-refractivity contribution < 1.29 is 0 Å². The van der Waals surface area contributed by atoms with Gasteiger partial charge in [0.1, 0.15) is 0 Å². The van der Waals surface area contributed by atoms with Crippen LogP contribution in [0.1, 0.15) is 12.0 Å². The summed E-state index contributed by atoms with van der Waals surface area (Å²) in [4.78, 5) is 2.06. The summed E-state index contributed by atoms with van der Waals surface area (Å²) in [5.74, 6) is 0. The van der Waals surface area contributed by atoms with Crippen molar-refractivity contribution in [1.29, 1.82) is 5.26 Å². The first kappa shape index (κ1) is 14.6. The second-order valence-corrected chi connectivity index (χ2v) is 4.66. The molecule has 21 heavy (non-hydrogen) atoms. The van der Waals surface area contributed by atoms with Crippen molar-refractivity contribution in [3.05, 3.63) is 60.2 Å². The van der Waals surface area contributed by atoms with Crippen molar-refractivity contribution in [2.45, 2.75) is 6.42 Å². The summed E-state index contributed by atoms with van der Waals surface area (Å²) in [6.45, 7) is 0.736. The van der Waals surface area contributed by atoms with E-state index in [2.05, 4.69) is 21.5 Å². The van der Waals surface area contributed by atoms with E-state index in [1.807, 2.05) is 61.6 Å². The number of hydrogen-bond acceptors (Lipinski definition) is 4. The predicted molar refractivity (Wildman–Crippen MR) is 87.6 cm³/mol. The Labute approximate surface area is 125 Å². The Morgan fingerprint density at radius 2 is 1.86 bits per heavy atom. The van der Waals surface area contributed by atoms with E-state index in [0.717, 1.165) is 23.5 Å².